The predicted octanol–water partition coefficient (Wildman–Crippen LogP) is 3.29. The van der Waals surface area contributed by atoms with E-state index < -0.39 is 0 Å². The molecule has 3 rings (SSSR count). The molecule has 0 aliphatic heterocycles. The molecular weight excluding hydrogens is 334 g/mol. The Balaban J connectivity index is 1.59. The van der Waals surface area contributed by atoms with E-state index in [0.29, 0.717) is 11.9 Å². The largest absolute Gasteiger partial charge is 0.350 e. The van der Waals surface area contributed by atoms with Gasteiger partial charge in [0.15, 0.2) is 0 Å². The lowest BCUT2D eigenvalue weighted by Gasteiger charge is -2.15. The zero-order valence-corrected chi connectivity index (χ0v) is 15.2. The van der Waals surface area contributed by atoms with Crippen LogP contribution in [0.4, 0.5) is 0 Å². The number of aryl methyl sites for hydroxylation is 2. The van der Waals surface area contributed by atoms with E-state index in [1.54, 1.807) is 6.07 Å². The highest BCUT2D eigenvalue weighted by Crippen LogP contribution is 2.15. The van der Waals surface area contributed by atoms with Crippen LogP contribution in [-0.4, -0.2) is 15.5 Å². The maximum absolute atomic E-state index is 12.3. The standard InChI is InChI=1S/C19H21N3O2S/c1-3-14-4-6-15(7-5-14)13(2)21-17(23)8-10-22-12-20-18-16(19(22)24)9-11-25-18/h4-7,9,11-13H,3,8,10H2,1-2H3,(H,21,23). The van der Waals surface area contributed by atoms with Gasteiger partial charge in [0.1, 0.15) is 4.83 Å². The van der Waals surface area contributed by atoms with Gasteiger partial charge in [0.25, 0.3) is 5.56 Å². The second kappa shape index (κ2) is 7.61. The van der Waals surface area contributed by atoms with Gasteiger partial charge >= 0.3 is 0 Å². The number of nitrogens with one attached hydrogen (secondary N) is 1. The Morgan fingerprint density at radius 2 is 2.04 bits per heavy atom. The van der Waals surface area contributed by atoms with Gasteiger partial charge in [0.05, 0.1) is 17.8 Å². The summed E-state index contributed by atoms with van der Waals surface area (Å²) < 4.78 is 1.50. The summed E-state index contributed by atoms with van der Waals surface area (Å²) in [7, 11) is 0. The van der Waals surface area contributed by atoms with Crippen molar-refractivity contribution in [3.63, 3.8) is 0 Å². The third-order valence-corrected chi connectivity index (χ3v) is 5.12. The minimum absolute atomic E-state index is 0.0624. The molecule has 2 heterocycles. The number of rotatable bonds is 6. The lowest BCUT2D eigenvalue weighted by Crippen LogP contribution is -2.29. The fourth-order valence-electron chi connectivity index (χ4n) is 2.71. The maximum Gasteiger partial charge on any atom is 0.262 e. The summed E-state index contributed by atoms with van der Waals surface area (Å²) in [4.78, 5) is 29.5. The number of carbonyl (C=O) groups excluding carboxylic acids is 1. The molecule has 6 heteroatoms. The predicted molar refractivity (Wildman–Crippen MR) is 101 cm³/mol. The molecule has 0 spiro atoms. The zero-order chi connectivity index (χ0) is 17.8. The summed E-state index contributed by atoms with van der Waals surface area (Å²) in [5, 5.41) is 5.44. The molecule has 0 aliphatic rings. The molecule has 25 heavy (non-hydrogen) atoms. The first-order valence-electron chi connectivity index (χ1n) is 8.39. The van der Waals surface area contributed by atoms with Gasteiger partial charge in [-0.25, -0.2) is 4.98 Å². The van der Waals surface area contributed by atoms with Crippen molar-refractivity contribution >= 4 is 27.5 Å². The van der Waals surface area contributed by atoms with Crippen molar-refractivity contribution in [3.8, 4) is 0 Å². The van der Waals surface area contributed by atoms with E-state index in [1.807, 2.05) is 24.4 Å². The molecule has 0 saturated heterocycles. The van der Waals surface area contributed by atoms with Crippen molar-refractivity contribution < 1.29 is 4.79 Å². The number of hydrogen-bond donors (Lipinski definition) is 1. The van der Waals surface area contributed by atoms with Crippen LogP contribution in [0.1, 0.15) is 37.4 Å². The topological polar surface area (TPSA) is 64.0 Å². The van der Waals surface area contributed by atoms with Gasteiger partial charge in [-0.15, -0.1) is 11.3 Å². The van der Waals surface area contributed by atoms with Crippen LogP contribution in [0.3, 0.4) is 0 Å². The molecule has 0 bridgehead atoms. The Bertz CT molecular complexity index is 928. The number of amides is 1. The van der Waals surface area contributed by atoms with E-state index in [1.165, 1.54) is 27.8 Å². The van der Waals surface area contributed by atoms with Crippen molar-refractivity contribution in [1.29, 1.82) is 0 Å². The highest BCUT2D eigenvalue weighted by Gasteiger charge is 2.11. The number of fused-ring (bicyclic) bond motifs is 1. The third-order valence-electron chi connectivity index (χ3n) is 4.30. The Morgan fingerprint density at radius 1 is 1.28 bits per heavy atom. The van der Waals surface area contributed by atoms with Gasteiger partial charge in [-0.1, -0.05) is 31.2 Å². The molecule has 1 amide bonds. The van der Waals surface area contributed by atoms with E-state index in [9.17, 15) is 9.59 Å². The number of hydrogen-bond acceptors (Lipinski definition) is 4. The van der Waals surface area contributed by atoms with Crippen molar-refractivity contribution in [3.05, 3.63) is 63.5 Å². The summed E-state index contributed by atoms with van der Waals surface area (Å²) in [6, 6.07) is 9.96. The average molecular weight is 355 g/mol. The van der Waals surface area contributed by atoms with E-state index in [0.717, 1.165) is 16.8 Å². The Kier molecular flexibility index (Phi) is 5.28. The minimum Gasteiger partial charge on any atom is -0.350 e. The number of aromatic nitrogens is 2. The highest BCUT2D eigenvalue weighted by atomic mass is 32.1. The van der Waals surface area contributed by atoms with Crippen LogP contribution >= 0.6 is 11.3 Å². The van der Waals surface area contributed by atoms with Crippen LogP contribution in [-0.2, 0) is 17.8 Å². The lowest BCUT2D eigenvalue weighted by molar-refractivity contribution is -0.121. The van der Waals surface area contributed by atoms with Crippen molar-refractivity contribution in [2.75, 3.05) is 0 Å². The maximum atomic E-state index is 12.3. The van der Waals surface area contributed by atoms with E-state index in [2.05, 4.69) is 29.4 Å². The van der Waals surface area contributed by atoms with Crippen LogP contribution in [0.2, 0.25) is 0 Å². The molecule has 2 aromatic heterocycles. The quantitative estimate of drug-likeness (QED) is 0.738. The molecule has 0 aliphatic carbocycles. The molecule has 0 radical (unpaired) electrons. The average Bonchev–Trinajstić information content (AvgIpc) is 3.11. The van der Waals surface area contributed by atoms with Crippen LogP contribution < -0.4 is 10.9 Å². The molecule has 5 nitrogen and oxygen atoms in total. The Morgan fingerprint density at radius 3 is 2.76 bits per heavy atom. The number of benzene rings is 1. The molecular formula is C19H21N3O2S. The second-order valence-electron chi connectivity index (χ2n) is 6.02. The molecule has 1 unspecified atom stereocenters. The molecule has 3 aromatic rings. The van der Waals surface area contributed by atoms with Crippen molar-refractivity contribution in [1.82, 2.24) is 14.9 Å². The zero-order valence-electron chi connectivity index (χ0n) is 14.4. The van der Waals surface area contributed by atoms with E-state index >= 15 is 0 Å². The normalized spacial score (nSPS) is 12.2. The molecule has 1 N–H and O–H groups in total. The second-order valence-corrected chi connectivity index (χ2v) is 6.91. The van der Waals surface area contributed by atoms with E-state index in [-0.39, 0.29) is 23.9 Å². The molecule has 1 aromatic carbocycles. The molecule has 0 fully saturated rings. The van der Waals surface area contributed by atoms with Gasteiger partial charge in [0.2, 0.25) is 5.91 Å². The summed E-state index contributed by atoms with van der Waals surface area (Å²) in [6.45, 7) is 4.40. The molecule has 1 atom stereocenters. The fourth-order valence-corrected chi connectivity index (χ4v) is 3.44. The van der Waals surface area contributed by atoms with Gasteiger partial charge in [-0.05, 0) is 35.9 Å². The monoisotopic (exact) mass is 355 g/mol. The minimum atomic E-state index is -0.0951. The van der Waals surface area contributed by atoms with Gasteiger partial charge in [0, 0.05) is 13.0 Å². The number of thiophene rings is 1. The van der Waals surface area contributed by atoms with Crippen molar-refractivity contribution in [2.24, 2.45) is 0 Å². The molecule has 0 saturated carbocycles. The van der Waals surface area contributed by atoms with E-state index in [4.69, 9.17) is 0 Å². The summed E-state index contributed by atoms with van der Waals surface area (Å²) >= 11 is 1.44. The van der Waals surface area contributed by atoms with Crippen LogP contribution in [0, 0.1) is 0 Å². The molecule has 130 valence electrons. The first-order valence-corrected chi connectivity index (χ1v) is 9.27. The van der Waals surface area contributed by atoms with Crippen LogP contribution in [0.5, 0.6) is 0 Å². The van der Waals surface area contributed by atoms with Crippen LogP contribution in [0.15, 0.2) is 46.8 Å². The van der Waals surface area contributed by atoms with Gasteiger partial charge in [-0.2, -0.15) is 0 Å². The number of carbonyl (C=O) groups is 1. The van der Waals surface area contributed by atoms with Crippen molar-refractivity contribution in [2.45, 2.75) is 39.3 Å². The fraction of sp³-hybridized carbons (Fsp3) is 0.316. The third kappa shape index (κ3) is 3.96. The smallest absolute Gasteiger partial charge is 0.262 e. The first kappa shape index (κ1) is 17.4. The van der Waals surface area contributed by atoms with Gasteiger partial charge in [-0.3, -0.25) is 14.2 Å². The summed E-state index contributed by atoms with van der Waals surface area (Å²) in [6.07, 6.45) is 2.76. The Hall–Kier alpha value is -2.47. The lowest BCUT2D eigenvalue weighted by atomic mass is 10.0. The summed E-state index contributed by atoms with van der Waals surface area (Å²) in [5.74, 6) is -0.0793. The summed E-state index contributed by atoms with van der Waals surface area (Å²) in [5.41, 5.74) is 2.25. The number of nitrogens with zero attached hydrogens (tertiary/aromatic N) is 2. The Labute approximate surface area is 150 Å². The van der Waals surface area contributed by atoms with Gasteiger partial charge < -0.3 is 5.32 Å². The SMILES string of the molecule is CCc1ccc(C(C)NC(=O)CCn2cnc3sccc3c2=O)cc1. The highest BCUT2D eigenvalue weighted by molar-refractivity contribution is 7.16. The van der Waals surface area contributed by atoms with Crippen LogP contribution in [0.25, 0.3) is 10.2 Å². The first-order chi connectivity index (χ1) is 12.1.